The quantitative estimate of drug-likeness (QED) is 0.735. The third-order valence-corrected chi connectivity index (χ3v) is 4.88. The van der Waals surface area contributed by atoms with E-state index < -0.39 is 0 Å². The van der Waals surface area contributed by atoms with Crippen molar-refractivity contribution in [2.24, 2.45) is 0 Å². The summed E-state index contributed by atoms with van der Waals surface area (Å²) in [5.41, 5.74) is 2.04. The molecule has 2 heterocycles. The molecule has 0 atom stereocenters. The van der Waals surface area contributed by atoms with Crippen molar-refractivity contribution < 1.29 is 14.4 Å². The number of nitrogens with one attached hydrogen (secondary N) is 2. The van der Waals surface area contributed by atoms with Crippen LogP contribution in [0.25, 0.3) is 0 Å². The molecule has 1 aliphatic rings. The molecular weight excluding hydrogens is 350 g/mol. The smallest absolute Gasteiger partial charge is 0.252 e. The molecule has 0 saturated carbocycles. The molecule has 3 amide bonds. The number of hydrogen-bond acceptors (Lipinski definition) is 4. The van der Waals surface area contributed by atoms with Crippen LogP contribution in [-0.4, -0.2) is 30.8 Å². The number of carbonyl (C=O) groups excluding carboxylic acids is 3. The standard InChI is InChI=1S/C19H21N3O3S/c23-17(7-3-10-20-19(25)14-9-12-26-13-14)21-15-5-1-2-6-16(15)22-11-4-8-18(22)24/h1-2,5-6,9,12-13H,3-4,7-8,10-11H2,(H,20,25)(H,21,23). The van der Waals surface area contributed by atoms with E-state index >= 15 is 0 Å². The summed E-state index contributed by atoms with van der Waals surface area (Å²) in [6.07, 6.45) is 2.23. The zero-order valence-electron chi connectivity index (χ0n) is 14.4. The van der Waals surface area contributed by atoms with E-state index in [1.807, 2.05) is 23.6 Å². The number of nitrogens with zero attached hydrogens (tertiary/aromatic N) is 1. The molecule has 0 aliphatic carbocycles. The highest BCUT2D eigenvalue weighted by Gasteiger charge is 2.24. The number of amides is 3. The van der Waals surface area contributed by atoms with E-state index in [-0.39, 0.29) is 17.7 Å². The average molecular weight is 371 g/mol. The van der Waals surface area contributed by atoms with E-state index in [9.17, 15) is 14.4 Å². The summed E-state index contributed by atoms with van der Waals surface area (Å²) in [6, 6.07) is 9.11. The molecular formula is C19H21N3O3S. The minimum Gasteiger partial charge on any atom is -0.352 e. The first-order chi connectivity index (χ1) is 12.6. The molecule has 0 bridgehead atoms. The number of anilines is 2. The molecule has 1 aromatic carbocycles. The molecule has 0 unspecified atom stereocenters. The van der Waals surface area contributed by atoms with Gasteiger partial charge in [0.15, 0.2) is 0 Å². The number of para-hydroxylation sites is 2. The maximum Gasteiger partial charge on any atom is 0.252 e. The maximum atomic E-state index is 12.2. The van der Waals surface area contributed by atoms with Gasteiger partial charge in [0.25, 0.3) is 5.91 Å². The van der Waals surface area contributed by atoms with Gasteiger partial charge < -0.3 is 15.5 Å². The highest BCUT2D eigenvalue weighted by molar-refractivity contribution is 7.08. The van der Waals surface area contributed by atoms with Crippen LogP contribution in [0.3, 0.4) is 0 Å². The monoisotopic (exact) mass is 371 g/mol. The largest absolute Gasteiger partial charge is 0.352 e. The molecule has 0 radical (unpaired) electrons. The number of benzene rings is 1. The average Bonchev–Trinajstić information content (AvgIpc) is 3.31. The van der Waals surface area contributed by atoms with Crippen molar-refractivity contribution in [2.45, 2.75) is 25.7 Å². The van der Waals surface area contributed by atoms with Crippen molar-refractivity contribution in [3.63, 3.8) is 0 Å². The predicted molar refractivity (Wildman–Crippen MR) is 103 cm³/mol. The summed E-state index contributed by atoms with van der Waals surface area (Å²) in [5.74, 6) is -0.165. The van der Waals surface area contributed by atoms with Gasteiger partial charge in [-0.3, -0.25) is 14.4 Å². The van der Waals surface area contributed by atoms with E-state index in [0.29, 0.717) is 43.6 Å². The zero-order chi connectivity index (χ0) is 18.4. The normalized spacial score (nSPS) is 13.7. The van der Waals surface area contributed by atoms with Crippen LogP contribution in [0.5, 0.6) is 0 Å². The number of carbonyl (C=O) groups is 3. The molecule has 1 aromatic heterocycles. The Hall–Kier alpha value is -2.67. The molecule has 1 saturated heterocycles. The Balaban J connectivity index is 1.48. The molecule has 26 heavy (non-hydrogen) atoms. The Morgan fingerprint density at radius 3 is 2.77 bits per heavy atom. The fraction of sp³-hybridized carbons (Fsp3) is 0.316. The van der Waals surface area contributed by atoms with Crippen molar-refractivity contribution in [3.8, 4) is 0 Å². The summed E-state index contributed by atoms with van der Waals surface area (Å²) in [6.45, 7) is 1.12. The molecule has 1 fully saturated rings. The Morgan fingerprint density at radius 2 is 2.04 bits per heavy atom. The molecule has 136 valence electrons. The first-order valence-electron chi connectivity index (χ1n) is 8.65. The van der Waals surface area contributed by atoms with Crippen LogP contribution in [-0.2, 0) is 9.59 Å². The second kappa shape index (κ2) is 8.62. The molecule has 1 aliphatic heterocycles. The minimum atomic E-state index is -0.131. The van der Waals surface area contributed by atoms with Gasteiger partial charge >= 0.3 is 0 Å². The zero-order valence-corrected chi connectivity index (χ0v) is 15.2. The maximum absolute atomic E-state index is 12.2. The van der Waals surface area contributed by atoms with Gasteiger partial charge in [0.05, 0.1) is 11.4 Å². The van der Waals surface area contributed by atoms with Crippen LogP contribution in [0.15, 0.2) is 41.1 Å². The lowest BCUT2D eigenvalue weighted by atomic mass is 10.2. The molecule has 0 spiro atoms. The fourth-order valence-corrected chi connectivity index (χ4v) is 3.51. The predicted octanol–water partition coefficient (Wildman–Crippen LogP) is 3.02. The highest BCUT2D eigenvalue weighted by Crippen LogP contribution is 2.29. The van der Waals surface area contributed by atoms with Crippen LogP contribution in [0.1, 0.15) is 36.0 Å². The third kappa shape index (κ3) is 4.49. The van der Waals surface area contributed by atoms with Crippen LogP contribution < -0.4 is 15.5 Å². The summed E-state index contributed by atoms with van der Waals surface area (Å²) in [5, 5.41) is 9.32. The number of hydrogen-bond donors (Lipinski definition) is 2. The lowest BCUT2D eigenvalue weighted by molar-refractivity contribution is -0.117. The SMILES string of the molecule is O=C(CCCNC(=O)c1ccsc1)Nc1ccccc1N1CCCC1=O. The Morgan fingerprint density at radius 1 is 1.19 bits per heavy atom. The Bertz CT molecular complexity index is 789. The van der Waals surface area contributed by atoms with E-state index in [2.05, 4.69) is 10.6 Å². The first-order valence-corrected chi connectivity index (χ1v) is 9.59. The molecule has 2 aromatic rings. The van der Waals surface area contributed by atoms with Crippen molar-refractivity contribution in [1.29, 1.82) is 0 Å². The van der Waals surface area contributed by atoms with E-state index in [0.717, 1.165) is 12.1 Å². The Kier molecular flexibility index (Phi) is 6.01. The van der Waals surface area contributed by atoms with Crippen molar-refractivity contribution >= 4 is 40.4 Å². The van der Waals surface area contributed by atoms with Gasteiger partial charge in [-0.25, -0.2) is 0 Å². The van der Waals surface area contributed by atoms with Gasteiger partial charge in [-0.1, -0.05) is 12.1 Å². The van der Waals surface area contributed by atoms with Crippen molar-refractivity contribution in [1.82, 2.24) is 5.32 Å². The summed E-state index contributed by atoms with van der Waals surface area (Å²) < 4.78 is 0. The Labute approximate surface area is 156 Å². The van der Waals surface area contributed by atoms with Gasteiger partial charge in [-0.15, -0.1) is 0 Å². The lowest BCUT2D eigenvalue weighted by Crippen LogP contribution is -2.26. The second-order valence-electron chi connectivity index (χ2n) is 6.09. The summed E-state index contributed by atoms with van der Waals surface area (Å²) in [4.78, 5) is 37.7. The summed E-state index contributed by atoms with van der Waals surface area (Å²) in [7, 11) is 0. The van der Waals surface area contributed by atoms with Crippen LogP contribution in [0.4, 0.5) is 11.4 Å². The molecule has 7 heteroatoms. The van der Waals surface area contributed by atoms with Crippen LogP contribution >= 0.6 is 11.3 Å². The van der Waals surface area contributed by atoms with Gasteiger partial charge in [0, 0.05) is 36.9 Å². The van der Waals surface area contributed by atoms with Gasteiger partial charge in [0.1, 0.15) is 0 Å². The minimum absolute atomic E-state index is 0.0860. The first kappa shape index (κ1) is 18.1. The molecule has 3 rings (SSSR count). The number of thiophene rings is 1. The van der Waals surface area contributed by atoms with Gasteiger partial charge in [-0.05, 0) is 36.4 Å². The molecule has 6 nitrogen and oxygen atoms in total. The summed E-state index contributed by atoms with van der Waals surface area (Å²) >= 11 is 1.47. The van der Waals surface area contributed by atoms with E-state index in [1.165, 1.54) is 11.3 Å². The highest BCUT2D eigenvalue weighted by atomic mass is 32.1. The lowest BCUT2D eigenvalue weighted by Gasteiger charge is -2.20. The van der Waals surface area contributed by atoms with Crippen LogP contribution in [0, 0.1) is 0 Å². The van der Waals surface area contributed by atoms with Gasteiger partial charge in [-0.2, -0.15) is 11.3 Å². The molecule has 2 N–H and O–H groups in total. The van der Waals surface area contributed by atoms with E-state index in [1.54, 1.807) is 22.4 Å². The van der Waals surface area contributed by atoms with Crippen LogP contribution in [0.2, 0.25) is 0 Å². The van der Waals surface area contributed by atoms with E-state index in [4.69, 9.17) is 0 Å². The number of rotatable bonds is 7. The van der Waals surface area contributed by atoms with Gasteiger partial charge in [0.2, 0.25) is 11.8 Å². The second-order valence-corrected chi connectivity index (χ2v) is 6.87. The topological polar surface area (TPSA) is 78.5 Å². The fourth-order valence-electron chi connectivity index (χ4n) is 2.88. The van der Waals surface area contributed by atoms with Crippen molar-refractivity contribution in [3.05, 3.63) is 46.7 Å². The van der Waals surface area contributed by atoms with Crippen molar-refractivity contribution in [2.75, 3.05) is 23.3 Å². The third-order valence-electron chi connectivity index (χ3n) is 4.19.